The van der Waals surface area contributed by atoms with Gasteiger partial charge in [0.2, 0.25) is 0 Å². The first-order chi connectivity index (χ1) is 9.31. The Balaban J connectivity index is 1.93. The number of rotatable bonds is 5. The van der Waals surface area contributed by atoms with Crippen LogP contribution in [0.15, 0.2) is 41.3 Å². The van der Waals surface area contributed by atoms with Crippen molar-refractivity contribution in [3.63, 3.8) is 0 Å². The summed E-state index contributed by atoms with van der Waals surface area (Å²) in [6.07, 6.45) is 1.30. The van der Waals surface area contributed by atoms with Crippen LogP contribution < -0.4 is 0 Å². The number of halogens is 3. The lowest BCUT2D eigenvalue weighted by molar-refractivity contribution is -0.137. The Morgan fingerprint density at radius 3 is 2.35 bits per heavy atom. The van der Waals surface area contributed by atoms with E-state index in [-0.39, 0.29) is 11.2 Å². The van der Waals surface area contributed by atoms with Crippen molar-refractivity contribution in [2.75, 3.05) is 5.75 Å². The summed E-state index contributed by atoms with van der Waals surface area (Å²) in [6, 6.07) is 5.21. The zero-order valence-corrected chi connectivity index (χ0v) is 11.9. The Bertz CT molecular complexity index is 513. The molecule has 1 aromatic carbocycles. The lowest BCUT2D eigenvalue weighted by atomic mass is 10.1. The molecule has 1 aromatic rings. The molecule has 1 fully saturated rings. The molecule has 1 saturated carbocycles. The molecule has 5 heteroatoms. The SMILES string of the molecule is CC(=O)C=CC1(CSc2ccc(C(F)(F)F)cc2)CC1. The van der Waals surface area contributed by atoms with Gasteiger partial charge in [-0.15, -0.1) is 11.8 Å². The van der Waals surface area contributed by atoms with E-state index in [4.69, 9.17) is 0 Å². The summed E-state index contributed by atoms with van der Waals surface area (Å²) >= 11 is 1.53. The van der Waals surface area contributed by atoms with Crippen LogP contribution in [0.2, 0.25) is 0 Å². The smallest absolute Gasteiger partial charge is 0.295 e. The van der Waals surface area contributed by atoms with Crippen molar-refractivity contribution >= 4 is 17.5 Å². The zero-order valence-electron chi connectivity index (χ0n) is 11.0. The second-order valence-electron chi connectivity index (χ2n) is 5.12. The molecule has 0 unspecified atom stereocenters. The molecule has 0 bridgehead atoms. The highest BCUT2D eigenvalue weighted by atomic mass is 32.2. The molecule has 20 heavy (non-hydrogen) atoms. The van der Waals surface area contributed by atoms with Crippen molar-refractivity contribution in [2.45, 2.75) is 30.8 Å². The third-order valence-electron chi connectivity index (χ3n) is 3.27. The van der Waals surface area contributed by atoms with Gasteiger partial charge in [-0.25, -0.2) is 0 Å². The van der Waals surface area contributed by atoms with E-state index in [2.05, 4.69) is 0 Å². The van der Waals surface area contributed by atoms with Gasteiger partial charge < -0.3 is 0 Å². The van der Waals surface area contributed by atoms with E-state index >= 15 is 0 Å². The van der Waals surface area contributed by atoms with E-state index in [1.165, 1.54) is 30.8 Å². The van der Waals surface area contributed by atoms with Crippen LogP contribution in [0.25, 0.3) is 0 Å². The number of hydrogen-bond donors (Lipinski definition) is 0. The van der Waals surface area contributed by atoms with E-state index in [0.717, 1.165) is 35.6 Å². The summed E-state index contributed by atoms with van der Waals surface area (Å²) in [5.41, 5.74) is -0.571. The summed E-state index contributed by atoms with van der Waals surface area (Å²) in [5.74, 6) is 0.818. The van der Waals surface area contributed by atoms with Crippen LogP contribution in [-0.2, 0) is 11.0 Å². The van der Waals surface area contributed by atoms with Crippen molar-refractivity contribution in [1.82, 2.24) is 0 Å². The highest BCUT2D eigenvalue weighted by molar-refractivity contribution is 7.99. The number of carbonyl (C=O) groups is 1. The fourth-order valence-corrected chi connectivity index (χ4v) is 2.95. The second-order valence-corrected chi connectivity index (χ2v) is 6.17. The molecule has 0 N–H and O–H groups in total. The second kappa shape index (κ2) is 5.64. The number of alkyl halides is 3. The van der Waals surface area contributed by atoms with Crippen LogP contribution in [-0.4, -0.2) is 11.5 Å². The fraction of sp³-hybridized carbons (Fsp3) is 0.400. The summed E-state index contributed by atoms with van der Waals surface area (Å²) in [7, 11) is 0. The Morgan fingerprint density at radius 2 is 1.90 bits per heavy atom. The fourth-order valence-electron chi connectivity index (χ4n) is 1.78. The standard InChI is InChI=1S/C15H15F3OS/c1-11(19)6-7-14(8-9-14)10-20-13-4-2-12(3-5-13)15(16,17)18/h2-7H,8-10H2,1H3. The molecule has 0 atom stereocenters. The number of carbonyl (C=O) groups excluding carboxylic acids is 1. The quantitative estimate of drug-likeness (QED) is 0.578. The van der Waals surface area contributed by atoms with Gasteiger partial charge in [-0.1, -0.05) is 6.08 Å². The van der Waals surface area contributed by atoms with Crippen molar-refractivity contribution in [1.29, 1.82) is 0 Å². The van der Waals surface area contributed by atoms with Gasteiger partial charge in [-0.05, 0) is 55.5 Å². The molecular formula is C15H15F3OS. The Kier molecular flexibility index (Phi) is 4.28. The highest BCUT2D eigenvalue weighted by Crippen LogP contribution is 2.50. The maximum atomic E-state index is 12.4. The van der Waals surface area contributed by atoms with Crippen LogP contribution in [0.1, 0.15) is 25.3 Å². The van der Waals surface area contributed by atoms with E-state index in [9.17, 15) is 18.0 Å². The average molecular weight is 300 g/mol. The van der Waals surface area contributed by atoms with Crippen molar-refractivity contribution < 1.29 is 18.0 Å². The summed E-state index contributed by atoms with van der Waals surface area (Å²) < 4.78 is 37.3. The molecule has 1 aliphatic carbocycles. The Labute approximate surface area is 120 Å². The molecule has 0 spiro atoms. The third kappa shape index (κ3) is 4.13. The van der Waals surface area contributed by atoms with Crippen molar-refractivity contribution in [3.05, 3.63) is 42.0 Å². The van der Waals surface area contributed by atoms with Gasteiger partial charge in [-0.3, -0.25) is 4.79 Å². The number of hydrogen-bond acceptors (Lipinski definition) is 2. The van der Waals surface area contributed by atoms with E-state index in [1.54, 1.807) is 6.08 Å². The van der Waals surface area contributed by atoms with Crippen molar-refractivity contribution in [3.8, 4) is 0 Å². The molecule has 0 amide bonds. The van der Waals surface area contributed by atoms with Crippen LogP contribution in [0.4, 0.5) is 13.2 Å². The van der Waals surface area contributed by atoms with Crippen LogP contribution in [0.5, 0.6) is 0 Å². The molecule has 0 aliphatic heterocycles. The summed E-state index contributed by atoms with van der Waals surface area (Å²) in [5, 5.41) is 0. The van der Waals surface area contributed by atoms with E-state index < -0.39 is 11.7 Å². The maximum Gasteiger partial charge on any atom is 0.416 e. The number of thioether (sulfide) groups is 1. The number of benzene rings is 1. The van der Waals surface area contributed by atoms with E-state index in [0.29, 0.717) is 0 Å². The molecule has 1 nitrogen and oxygen atoms in total. The van der Waals surface area contributed by atoms with Gasteiger partial charge in [0.15, 0.2) is 5.78 Å². The minimum Gasteiger partial charge on any atom is -0.295 e. The van der Waals surface area contributed by atoms with Gasteiger partial charge in [0, 0.05) is 10.6 Å². The van der Waals surface area contributed by atoms with Crippen LogP contribution in [0.3, 0.4) is 0 Å². The Morgan fingerprint density at radius 1 is 1.30 bits per heavy atom. The lowest BCUT2D eigenvalue weighted by Gasteiger charge is -2.10. The molecule has 0 radical (unpaired) electrons. The van der Waals surface area contributed by atoms with E-state index in [1.807, 2.05) is 6.08 Å². The van der Waals surface area contributed by atoms with Crippen LogP contribution in [0, 0.1) is 5.41 Å². The average Bonchev–Trinajstić information content (AvgIpc) is 3.14. The maximum absolute atomic E-state index is 12.4. The summed E-state index contributed by atoms with van der Waals surface area (Å²) in [6.45, 7) is 1.51. The normalized spacial score (nSPS) is 17.4. The molecule has 2 rings (SSSR count). The van der Waals surface area contributed by atoms with Gasteiger partial charge in [0.05, 0.1) is 5.56 Å². The molecule has 108 valence electrons. The Hall–Kier alpha value is -1.23. The number of ketones is 1. The van der Waals surface area contributed by atoms with Gasteiger partial charge >= 0.3 is 6.18 Å². The molecule has 0 aromatic heterocycles. The monoisotopic (exact) mass is 300 g/mol. The first-order valence-corrected chi connectivity index (χ1v) is 7.29. The minimum absolute atomic E-state index is 0.0239. The van der Waals surface area contributed by atoms with Crippen molar-refractivity contribution in [2.24, 2.45) is 5.41 Å². The predicted molar refractivity (Wildman–Crippen MR) is 73.7 cm³/mol. The first kappa shape index (κ1) is 15.2. The largest absolute Gasteiger partial charge is 0.416 e. The van der Waals surface area contributed by atoms with Gasteiger partial charge in [-0.2, -0.15) is 13.2 Å². The molecular weight excluding hydrogens is 285 g/mol. The topological polar surface area (TPSA) is 17.1 Å². The molecule has 1 aliphatic rings. The molecule has 0 saturated heterocycles. The summed E-state index contributed by atoms with van der Waals surface area (Å²) in [4.78, 5) is 11.7. The predicted octanol–water partition coefficient (Wildman–Crippen LogP) is 4.72. The number of allylic oxidation sites excluding steroid dienone is 2. The highest BCUT2D eigenvalue weighted by Gasteiger charge is 2.40. The lowest BCUT2D eigenvalue weighted by Crippen LogP contribution is -2.04. The van der Waals surface area contributed by atoms with Gasteiger partial charge in [0.1, 0.15) is 0 Å². The molecule has 0 heterocycles. The van der Waals surface area contributed by atoms with Crippen LogP contribution >= 0.6 is 11.8 Å². The minimum atomic E-state index is -4.29. The first-order valence-electron chi connectivity index (χ1n) is 6.31. The third-order valence-corrected chi connectivity index (χ3v) is 4.60. The van der Waals surface area contributed by atoms with Gasteiger partial charge in [0.25, 0.3) is 0 Å². The zero-order chi connectivity index (χ0) is 14.8.